The van der Waals surface area contributed by atoms with Gasteiger partial charge in [-0.25, -0.2) is 4.79 Å². The van der Waals surface area contributed by atoms with Gasteiger partial charge in [-0.3, -0.25) is 0 Å². The van der Waals surface area contributed by atoms with E-state index in [2.05, 4.69) is 20.8 Å². The first-order chi connectivity index (χ1) is 12.8. The highest BCUT2D eigenvalue weighted by molar-refractivity contribution is 6.60. The molecule has 0 bridgehead atoms. The van der Waals surface area contributed by atoms with Crippen molar-refractivity contribution in [1.29, 1.82) is 0 Å². The van der Waals surface area contributed by atoms with Crippen molar-refractivity contribution in [3.8, 4) is 0 Å². The number of hydrogen-bond donors (Lipinski definition) is 1. The fourth-order valence-corrected chi connectivity index (χ4v) is 6.83. The molecule has 1 rings (SSSR count). The van der Waals surface area contributed by atoms with Gasteiger partial charge in [0.1, 0.15) is 0 Å². The second kappa shape index (κ2) is 12.0. The highest BCUT2D eigenvalue weighted by Crippen LogP contribution is 2.36. The van der Waals surface area contributed by atoms with E-state index in [4.69, 9.17) is 13.3 Å². The van der Waals surface area contributed by atoms with E-state index in [0.717, 1.165) is 12.8 Å². The summed E-state index contributed by atoms with van der Waals surface area (Å²) in [5.74, 6) is 1.62. The van der Waals surface area contributed by atoms with E-state index in [1.165, 1.54) is 6.42 Å². The Morgan fingerprint density at radius 3 is 2.11 bits per heavy atom. The fraction of sp³-hybridized carbons (Fsp3) is 0.950. The molecule has 6 nitrogen and oxygen atoms in total. The number of carboxylic acid groups (broad SMARTS) is 1. The first-order valence-corrected chi connectivity index (χ1v) is 12.6. The van der Waals surface area contributed by atoms with Crippen LogP contribution in [0.1, 0.15) is 67.2 Å². The van der Waals surface area contributed by atoms with Crippen LogP contribution in [0, 0.1) is 17.8 Å². The standard InChI is InChI=1S/C20H41NO5Si/c1-7-24-27(25-8-2,26-9-3)14-10-13-21(20(22)23)19-15-18(16(4)5)12-11-17(19)6/h16-19H,7-15H2,1-6H3,(H,22,23). The van der Waals surface area contributed by atoms with Crippen molar-refractivity contribution in [3.05, 3.63) is 0 Å². The maximum Gasteiger partial charge on any atom is 0.500 e. The molecule has 27 heavy (non-hydrogen) atoms. The number of hydrogen-bond acceptors (Lipinski definition) is 4. The predicted molar refractivity (Wildman–Crippen MR) is 110 cm³/mol. The number of nitrogens with zero attached hydrogens (tertiary/aromatic N) is 1. The van der Waals surface area contributed by atoms with Crippen LogP contribution >= 0.6 is 0 Å². The minimum Gasteiger partial charge on any atom is -0.465 e. The highest BCUT2D eigenvalue weighted by atomic mass is 28.4. The van der Waals surface area contributed by atoms with Gasteiger partial charge in [-0.2, -0.15) is 0 Å². The van der Waals surface area contributed by atoms with Crippen LogP contribution in [0.2, 0.25) is 6.04 Å². The molecule has 0 aliphatic heterocycles. The zero-order chi connectivity index (χ0) is 20.4. The number of rotatable bonds is 12. The average molecular weight is 404 g/mol. The molecular formula is C20H41NO5Si. The lowest BCUT2D eigenvalue weighted by Crippen LogP contribution is -2.49. The summed E-state index contributed by atoms with van der Waals surface area (Å²) in [7, 11) is -2.71. The minimum atomic E-state index is -2.71. The Kier molecular flexibility index (Phi) is 10.9. The molecule has 3 unspecified atom stereocenters. The topological polar surface area (TPSA) is 68.2 Å². The lowest BCUT2D eigenvalue weighted by Gasteiger charge is -2.41. The zero-order valence-corrected chi connectivity index (χ0v) is 19.2. The smallest absolute Gasteiger partial charge is 0.465 e. The summed E-state index contributed by atoms with van der Waals surface area (Å²) in [4.78, 5) is 13.7. The van der Waals surface area contributed by atoms with Crippen molar-refractivity contribution in [2.75, 3.05) is 26.4 Å². The third kappa shape index (κ3) is 7.36. The molecule has 1 aliphatic rings. The van der Waals surface area contributed by atoms with Gasteiger partial charge in [-0.15, -0.1) is 0 Å². The highest BCUT2D eigenvalue weighted by Gasteiger charge is 2.41. The quantitative estimate of drug-likeness (QED) is 0.471. The second-order valence-electron chi connectivity index (χ2n) is 7.92. The molecule has 0 saturated heterocycles. The summed E-state index contributed by atoms with van der Waals surface area (Å²) in [5, 5.41) is 9.85. The Labute approximate surface area is 166 Å². The molecule has 1 saturated carbocycles. The molecule has 0 spiro atoms. The Balaban J connectivity index is 2.77. The average Bonchev–Trinajstić information content (AvgIpc) is 2.60. The van der Waals surface area contributed by atoms with E-state index in [1.54, 1.807) is 4.90 Å². The van der Waals surface area contributed by atoms with Crippen LogP contribution in [0.3, 0.4) is 0 Å². The van der Waals surface area contributed by atoms with E-state index >= 15 is 0 Å². The largest absolute Gasteiger partial charge is 0.500 e. The van der Waals surface area contributed by atoms with Crippen molar-refractivity contribution in [2.45, 2.75) is 79.3 Å². The van der Waals surface area contributed by atoms with E-state index in [0.29, 0.717) is 56.6 Å². The van der Waals surface area contributed by atoms with Gasteiger partial charge >= 0.3 is 14.9 Å². The van der Waals surface area contributed by atoms with Crippen LogP contribution in [-0.4, -0.2) is 57.3 Å². The molecular weight excluding hydrogens is 362 g/mol. The number of amides is 1. The molecule has 0 aromatic heterocycles. The maximum absolute atomic E-state index is 12.0. The SMILES string of the molecule is CCO[Si](CCCN(C(=O)O)C1CC(C(C)C)CCC1C)(OCC)OCC. The summed E-state index contributed by atoms with van der Waals surface area (Å²) >= 11 is 0. The van der Waals surface area contributed by atoms with Crippen LogP contribution in [0.25, 0.3) is 0 Å². The van der Waals surface area contributed by atoms with E-state index in [-0.39, 0.29) is 6.04 Å². The number of carbonyl (C=O) groups is 1. The third-order valence-corrected chi connectivity index (χ3v) is 8.91. The molecule has 0 aromatic carbocycles. The van der Waals surface area contributed by atoms with Crippen molar-refractivity contribution in [3.63, 3.8) is 0 Å². The van der Waals surface area contributed by atoms with Gasteiger partial charge in [-0.1, -0.05) is 20.8 Å². The van der Waals surface area contributed by atoms with Gasteiger partial charge < -0.3 is 23.3 Å². The van der Waals surface area contributed by atoms with E-state index in [9.17, 15) is 9.90 Å². The van der Waals surface area contributed by atoms with Crippen LogP contribution < -0.4 is 0 Å². The van der Waals surface area contributed by atoms with E-state index in [1.807, 2.05) is 20.8 Å². The first kappa shape index (κ1) is 24.4. The molecule has 3 atom stereocenters. The van der Waals surface area contributed by atoms with Gasteiger partial charge in [-0.05, 0) is 64.2 Å². The summed E-state index contributed by atoms with van der Waals surface area (Å²) in [6, 6.07) is 0.757. The fourth-order valence-electron chi connectivity index (χ4n) is 4.24. The van der Waals surface area contributed by atoms with Crippen molar-refractivity contribution in [1.82, 2.24) is 4.90 Å². The normalized spacial score (nSPS) is 23.6. The first-order valence-electron chi connectivity index (χ1n) is 10.7. The summed E-state index contributed by atoms with van der Waals surface area (Å²) in [6.45, 7) is 14.7. The van der Waals surface area contributed by atoms with Gasteiger partial charge in [0.05, 0.1) is 0 Å². The molecule has 0 heterocycles. The molecule has 0 aromatic rings. The lowest BCUT2D eigenvalue weighted by molar-refractivity contribution is 0.0577. The van der Waals surface area contributed by atoms with Crippen molar-refractivity contribution in [2.24, 2.45) is 17.8 Å². The minimum absolute atomic E-state index is 0.103. The van der Waals surface area contributed by atoms with Crippen LogP contribution in [0.5, 0.6) is 0 Å². The molecule has 1 N–H and O–H groups in total. The van der Waals surface area contributed by atoms with Crippen LogP contribution in [-0.2, 0) is 13.3 Å². The van der Waals surface area contributed by atoms with Crippen LogP contribution in [0.4, 0.5) is 4.79 Å². The second-order valence-corrected chi connectivity index (χ2v) is 10.7. The summed E-state index contributed by atoms with van der Waals surface area (Å²) in [5.41, 5.74) is 0. The zero-order valence-electron chi connectivity index (χ0n) is 18.2. The van der Waals surface area contributed by atoms with Crippen LogP contribution in [0.15, 0.2) is 0 Å². The summed E-state index contributed by atoms with van der Waals surface area (Å²) in [6.07, 6.45) is 3.17. The van der Waals surface area contributed by atoms with E-state index < -0.39 is 14.9 Å². The molecule has 1 amide bonds. The third-order valence-electron chi connectivity index (χ3n) is 5.76. The molecule has 1 aliphatic carbocycles. The molecule has 7 heteroatoms. The lowest BCUT2D eigenvalue weighted by atomic mass is 9.74. The Hall–Kier alpha value is -0.633. The Morgan fingerprint density at radius 2 is 1.67 bits per heavy atom. The van der Waals surface area contributed by atoms with Gasteiger partial charge in [0.2, 0.25) is 0 Å². The maximum atomic E-state index is 12.0. The molecule has 1 fully saturated rings. The Bertz CT molecular complexity index is 418. The monoisotopic (exact) mass is 403 g/mol. The van der Waals surface area contributed by atoms with Gasteiger partial charge in [0, 0.05) is 38.5 Å². The van der Waals surface area contributed by atoms with Gasteiger partial charge in [0.15, 0.2) is 0 Å². The van der Waals surface area contributed by atoms with Crippen molar-refractivity contribution >= 4 is 14.9 Å². The Morgan fingerprint density at radius 1 is 1.11 bits per heavy atom. The van der Waals surface area contributed by atoms with Gasteiger partial charge in [0.25, 0.3) is 0 Å². The summed E-state index contributed by atoms with van der Waals surface area (Å²) < 4.78 is 17.7. The molecule has 0 radical (unpaired) electrons. The molecule has 160 valence electrons. The van der Waals surface area contributed by atoms with Crippen molar-refractivity contribution < 1.29 is 23.2 Å². The predicted octanol–water partition coefficient (Wildman–Crippen LogP) is 4.87.